The third-order valence-electron chi connectivity index (χ3n) is 4.73. The third-order valence-corrected chi connectivity index (χ3v) is 5.80. The van der Waals surface area contributed by atoms with Crippen LogP contribution in [0.2, 0.25) is 0 Å². The monoisotopic (exact) mass is 432 g/mol. The Balaban J connectivity index is 2.58. The van der Waals surface area contributed by atoms with E-state index in [1.54, 1.807) is 0 Å². The number of rotatable bonds is 15. The number of nitrogens with zero attached hydrogens (tertiary/aromatic N) is 3. The van der Waals surface area contributed by atoms with Crippen LogP contribution >= 0.6 is 34.8 Å². The molecule has 1 aliphatic rings. The lowest BCUT2D eigenvalue weighted by molar-refractivity contribution is 0.449. The molecule has 0 bridgehead atoms. The Morgan fingerprint density at radius 1 is 0.556 bits per heavy atom. The van der Waals surface area contributed by atoms with E-state index in [4.69, 9.17) is 34.8 Å². The van der Waals surface area contributed by atoms with Crippen LogP contribution in [0.3, 0.4) is 0 Å². The Kier molecular flexibility index (Phi) is 15.1. The molecule has 0 amide bonds. The Bertz CT molecular complexity index is 314. The average Bonchev–Trinajstić information content (AvgIpc) is 2.62. The molecule has 3 radical (unpaired) electrons. The van der Waals surface area contributed by atoms with Gasteiger partial charge in [0.2, 0.25) is 0 Å². The third kappa shape index (κ3) is 12.3. The van der Waals surface area contributed by atoms with Crippen LogP contribution in [0.25, 0.3) is 0 Å². The minimum Gasteiger partial charge on any atom is -0.364 e. The maximum Gasteiger partial charge on any atom is 0.290 e. The summed E-state index contributed by atoms with van der Waals surface area (Å²) in [6.07, 6.45) is 10.2. The predicted octanol–water partition coefficient (Wildman–Crippen LogP) is 4.90. The van der Waals surface area contributed by atoms with Gasteiger partial charge in [0.05, 0.1) is 0 Å². The van der Waals surface area contributed by atoms with Crippen molar-refractivity contribution in [3.8, 4) is 0 Å². The van der Waals surface area contributed by atoms with Gasteiger partial charge >= 0.3 is 0 Å². The van der Waals surface area contributed by atoms with Crippen molar-refractivity contribution in [2.24, 2.45) is 0 Å². The molecule has 0 aromatic heterocycles. The second-order valence-corrected chi connectivity index (χ2v) is 9.51. The largest absolute Gasteiger partial charge is 0.364 e. The van der Waals surface area contributed by atoms with Gasteiger partial charge in [-0.2, -0.15) is 0 Å². The van der Waals surface area contributed by atoms with Crippen LogP contribution in [0.1, 0.15) is 78.6 Å². The molecular weight excluding hydrogens is 397 g/mol. The van der Waals surface area contributed by atoms with Crippen molar-refractivity contribution < 1.29 is 0 Å². The van der Waals surface area contributed by atoms with Gasteiger partial charge in [-0.3, -0.25) is 0 Å². The van der Waals surface area contributed by atoms with Crippen LogP contribution < -0.4 is 0 Å². The lowest BCUT2D eigenvalue weighted by Gasteiger charge is -2.42. The van der Waals surface area contributed by atoms with Gasteiger partial charge in [0.15, 0.2) is 0 Å². The molecule has 3 atom stereocenters. The molecule has 0 N–H and O–H groups in total. The first-order valence-corrected chi connectivity index (χ1v) is 12.0. The quantitative estimate of drug-likeness (QED) is 0.269. The highest BCUT2D eigenvalue weighted by molar-refractivity contribution is 6.65. The normalized spacial score (nSPS) is 19.8. The standard InChI is InChI=1S/C18H36B3Cl3N3/c1-4-7-10-16(22)13-25-19-26(14-17(23)11-8-5-2)21-27(20-25)15-18(24)12-9-6-3/h16-18H,4-15H2,1-3H3. The van der Waals surface area contributed by atoms with Crippen molar-refractivity contribution in [1.82, 2.24) is 14.2 Å². The second-order valence-electron chi connectivity index (χ2n) is 7.66. The van der Waals surface area contributed by atoms with E-state index in [1.165, 1.54) is 38.5 Å². The molecule has 1 heterocycles. The predicted molar refractivity (Wildman–Crippen MR) is 125 cm³/mol. The maximum absolute atomic E-state index is 6.56. The van der Waals surface area contributed by atoms with E-state index in [-0.39, 0.29) is 16.1 Å². The molecule has 9 heteroatoms. The first-order chi connectivity index (χ1) is 13.0. The summed E-state index contributed by atoms with van der Waals surface area (Å²) in [6.45, 7) is 9.05. The molecule has 153 valence electrons. The SMILES string of the molecule is CCCCC(Cl)CN1[B]N(CC(Cl)CCCC)[B]N(CC(Cl)CCCC)[B]1. The average molecular weight is 433 g/mol. The van der Waals surface area contributed by atoms with E-state index in [1.807, 2.05) is 0 Å². The van der Waals surface area contributed by atoms with E-state index in [9.17, 15) is 0 Å². The van der Waals surface area contributed by atoms with Crippen LogP contribution in [-0.2, 0) is 0 Å². The molecular formula is C18H36B3Cl3N3. The molecule has 0 saturated carbocycles. The summed E-state index contributed by atoms with van der Waals surface area (Å²) in [7, 11) is 6.40. The van der Waals surface area contributed by atoms with E-state index in [0.717, 1.165) is 38.9 Å². The first kappa shape index (κ1) is 26.0. The smallest absolute Gasteiger partial charge is 0.290 e. The summed E-state index contributed by atoms with van der Waals surface area (Å²) in [4.78, 5) is 0. The fourth-order valence-corrected chi connectivity index (χ4v) is 4.12. The summed E-state index contributed by atoms with van der Waals surface area (Å²) >= 11 is 19.7. The molecule has 1 saturated heterocycles. The van der Waals surface area contributed by atoms with Crippen LogP contribution in [0, 0.1) is 0 Å². The summed E-state index contributed by atoms with van der Waals surface area (Å²) in [6, 6.07) is 0. The van der Waals surface area contributed by atoms with Gasteiger partial charge in [0.25, 0.3) is 22.6 Å². The first-order valence-electron chi connectivity index (χ1n) is 10.7. The maximum atomic E-state index is 6.56. The fourth-order valence-electron chi connectivity index (χ4n) is 3.18. The second kappa shape index (κ2) is 15.7. The van der Waals surface area contributed by atoms with Crippen molar-refractivity contribution in [1.29, 1.82) is 0 Å². The highest BCUT2D eigenvalue weighted by atomic mass is 35.5. The number of halogens is 3. The minimum absolute atomic E-state index is 0.151. The molecule has 3 nitrogen and oxygen atoms in total. The lowest BCUT2D eigenvalue weighted by atomic mass is 9.73. The van der Waals surface area contributed by atoms with Crippen molar-refractivity contribution in [3.05, 3.63) is 0 Å². The molecule has 0 spiro atoms. The Morgan fingerprint density at radius 2 is 0.815 bits per heavy atom. The number of hydrogen-bond donors (Lipinski definition) is 0. The summed E-state index contributed by atoms with van der Waals surface area (Å²) in [5.41, 5.74) is 0. The zero-order valence-electron chi connectivity index (χ0n) is 17.4. The highest BCUT2D eigenvalue weighted by Gasteiger charge is 2.31. The molecule has 1 rings (SSSR count). The van der Waals surface area contributed by atoms with E-state index in [2.05, 4.69) is 57.6 Å². The van der Waals surface area contributed by atoms with Gasteiger partial charge in [0, 0.05) is 16.1 Å². The van der Waals surface area contributed by atoms with Gasteiger partial charge < -0.3 is 14.2 Å². The van der Waals surface area contributed by atoms with Crippen molar-refractivity contribution in [2.75, 3.05) is 19.6 Å². The fraction of sp³-hybridized carbons (Fsp3) is 1.00. The molecule has 3 unspecified atom stereocenters. The van der Waals surface area contributed by atoms with Crippen molar-refractivity contribution in [3.63, 3.8) is 0 Å². The van der Waals surface area contributed by atoms with E-state index < -0.39 is 0 Å². The minimum atomic E-state index is 0.151. The van der Waals surface area contributed by atoms with E-state index in [0.29, 0.717) is 0 Å². The number of unbranched alkanes of at least 4 members (excludes halogenated alkanes) is 3. The Labute approximate surface area is 185 Å². The molecule has 1 aliphatic heterocycles. The van der Waals surface area contributed by atoms with Gasteiger partial charge in [-0.1, -0.05) is 59.3 Å². The molecule has 0 aliphatic carbocycles. The zero-order valence-corrected chi connectivity index (χ0v) is 19.7. The molecule has 1 fully saturated rings. The Morgan fingerprint density at radius 3 is 1.04 bits per heavy atom. The van der Waals surface area contributed by atoms with Gasteiger partial charge in [-0.25, -0.2) is 0 Å². The van der Waals surface area contributed by atoms with E-state index >= 15 is 0 Å². The van der Waals surface area contributed by atoms with Crippen molar-refractivity contribution in [2.45, 2.75) is 94.7 Å². The zero-order chi connectivity index (χ0) is 20.1. The summed E-state index contributed by atoms with van der Waals surface area (Å²) in [5.74, 6) is 0. The van der Waals surface area contributed by atoms with Crippen LogP contribution in [-0.4, -0.2) is 72.6 Å². The summed E-state index contributed by atoms with van der Waals surface area (Å²) in [5, 5.41) is 0.453. The topological polar surface area (TPSA) is 9.72 Å². The van der Waals surface area contributed by atoms with Gasteiger partial charge in [-0.15, -0.1) is 34.8 Å². The van der Waals surface area contributed by atoms with Gasteiger partial charge in [-0.05, 0) is 38.9 Å². The molecule has 0 aromatic carbocycles. The summed E-state index contributed by atoms with van der Waals surface area (Å²) < 4.78 is 6.58. The van der Waals surface area contributed by atoms with Crippen LogP contribution in [0.15, 0.2) is 0 Å². The van der Waals surface area contributed by atoms with Crippen LogP contribution in [0.4, 0.5) is 0 Å². The molecule has 27 heavy (non-hydrogen) atoms. The van der Waals surface area contributed by atoms with Crippen LogP contribution in [0.5, 0.6) is 0 Å². The molecule has 0 aromatic rings. The van der Waals surface area contributed by atoms with Gasteiger partial charge in [0.1, 0.15) is 0 Å². The van der Waals surface area contributed by atoms with Crippen molar-refractivity contribution >= 4 is 57.5 Å². The number of alkyl halides is 3. The lowest BCUT2D eigenvalue weighted by Crippen LogP contribution is -2.63. The Hall–Kier alpha value is 0.945. The highest BCUT2D eigenvalue weighted by Crippen LogP contribution is 2.16. The number of hydrogen-bond acceptors (Lipinski definition) is 3.